The summed E-state index contributed by atoms with van der Waals surface area (Å²) < 4.78 is 0. The number of fused-ring (bicyclic) bond motifs is 9. The van der Waals surface area contributed by atoms with Crippen molar-refractivity contribution < 1.29 is 0 Å². The molecule has 6 aromatic carbocycles. The van der Waals surface area contributed by atoms with Crippen LogP contribution in [0.1, 0.15) is 17.2 Å². The van der Waals surface area contributed by atoms with E-state index in [1.54, 1.807) is 0 Å². The van der Waals surface area contributed by atoms with E-state index in [0.29, 0.717) is 0 Å². The largest absolute Gasteiger partial charge is 0.372 e. The number of benzene rings is 6. The second-order valence-electron chi connectivity index (χ2n) is 14.0. The SMILES string of the molecule is C1=CC(c2ccc3c(c2)-c2cc(-c4ccc5ccc6cccnc6c5n4)ccc2[Si]3(c2ccccc2)c2ccccc2)Nc2c1ccc1cccnc21. The fourth-order valence-corrected chi connectivity index (χ4v) is 13.9. The van der Waals surface area contributed by atoms with Gasteiger partial charge in [-0.05, 0) is 73.3 Å². The Labute approximate surface area is 308 Å². The van der Waals surface area contributed by atoms with Crippen molar-refractivity contribution in [2.24, 2.45) is 0 Å². The fourth-order valence-electron chi connectivity index (χ4n) is 8.80. The van der Waals surface area contributed by atoms with Gasteiger partial charge < -0.3 is 5.32 Å². The first-order valence-electron chi connectivity index (χ1n) is 18.1. The van der Waals surface area contributed by atoms with Gasteiger partial charge in [-0.2, -0.15) is 0 Å². The molecule has 5 heterocycles. The molecule has 2 aliphatic heterocycles. The van der Waals surface area contributed by atoms with Gasteiger partial charge >= 0.3 is 0 Å². The van der Waals surface area contributed by atoms with Gasteiger partial charge in [0.1, 0.15) is 0 Å². The molecule has 0 spiro atoms. The van der Waals surface area contributed by atoms with Gasteiger partial charge in [0, 0.05) is 34.1 Å². The standard InChI is InChI=1S/C48H32N4Si/c1-3-11-37(12-4-1)53(38-13-5-2-6-14-38)43-25-21-35(41-23-19-33-17-15-31-9-7-27-49-45(31)47(33)51-41)29-39(43)40-30-36(22-26-44(40)53)42-24-20-34-18-16-32-10-8-28-50-46(32)48(34)52-42/h1-30,41,51H. The lowest BCUT2D eigenvalue weighted by atomic mass is 9.94. The van der Waals surface area contributed by atoms with Gasteiger partial charge in [-0.25, -0.2) is 4.98 Å². The molecule has 1 unspecified atom stereocenters. The Morgan fingerprint density at radius 2 is 1.13 bits per heavy atom. The van der Waals surface area contributed by atoms with E-state index in [2.05, 4.69) is 163 Å². The van der Waals surface area contributed by atoms with Crippen molar-refractivity contribution in [3.8, 4) is 22.4 Å². The molecule has 0 saturated heterocycles. The van der Waals surface area contributed by atoms with Crippen molar-refractivity contribution in [3.05, 3.63) is 187 Å². The van der Waals surface area contributed by atoms with Crippen molar-refractivity contribution >= 4 is 73.3 Å². The third kappa shape index (κ3) is 4.51. The minimum atomic E-state index is -2.67. The number of nitrogens with zero attached hydrogens (tertiary/aromatic N) is 3. The molecule has 4 nitrogen and oxygen atoms in total. The van der Waals surface area contributed by atoms with E-state index in [4.69, 9.17) is 15.0 Å². The number of pyridine rings is 3. The third-order valence-corrected chi connectivity index (χ3v) is 16.1. The lowest BCUT2D eigenvalue weighted by molar-refractivity contribution is 0.982. The van der Waals surface area contributed by atoms with Crippen molar-refractivity contribution in [2.45, 2.75) is 6.04 Å². The topological polar surface area (TPSA) is 50.7 Å². The smallest absolute Gasteiger partial charge is 0.180 e. The molecule has 0 saturated carbocycles. The van der Waals surface area contributed by atoms with E-state index in [1.807, 2.05) is 24.5 Å². The summed E-state index contributed by atoms with van der Waals surface area (Å²) in [6, 6.07) is 57.8. The third-order valence-electron chi connectivity index (χ3n) is 11.2. The molecular weight excluding hydrogens is 661 g/mol. The summed E-state index contributed by atoms with van der Waals surface area (Å²) in [4.78, 5) is 14.8. The Bertz CT molecular complexity index is 2900. The first-order chi connectivity index (χ1) is 26.3. The number of nitrogens with one attached hydrogen (secondary N) is 1. The predicted octanol–water partition coefficient (Wildman–Crippen LogP) is 8.54. The first-order valence-corrected chi connectivity index (χ1v) is 20.1. The highest BCUT2D eigenvalue weighted by Gasteiger charge is 2.48. The highest BCUT2D eigenvalue weighted by Crippen LogP contribution is 2.38. The molecule has 0 bridgehead atoms. The van der Waals surface area contributed by atoms with Gasteiger partial charge in [-0.1, -0.05) is 140 Å². The van der Waals surface area contributed by atoms with Crippen LogP contribution in [0, 0.1) is 0 Å². The fraction of sp³-hybridized carbons (Fsp3) is 0.0208. The summed E-state index contributed by atoms with van der Waals surface area (Å²) in [6.45, 7) is 0. The van der Waals surface area contributed by atoms with Crippen LogP contribution in [0.4, 0.5) is 5.69 Å². The summed E-state index contributed by atoms with van der Waals surface area (Å²) in [5.74, 6) is 0. The molecule has 0 radical (unpaired) electrons. The highest BCUT2D eigenvalue weighted by molar-refractivity contribution is 7.22. The molecule has 53 heavy (non-hydrogen) atoms. The van der Waals surface area contributed by atoms with Gasteiger partial charge in [0.05, 0.1) is 34.0 Å². The van der Waals surface area contributed by atoms with Gasteiger partial charge in [0.15, 0.2) is 8.07 Å². The van der Waals surface area contributed by atoms with Crippen LogP contribution in [0.2, 0.25) is 0 Å². The van der Waals surface area contributed by atoms with E-state index >= 15 is 0 Å². The van der Waals surface area contributed by atoms with Gasteiger partial charge in [0.2, 0.25) is 0 Å². The van der Waals surface area contributed by atoms with Crippen molar-refractivity contribution in [2.75, 3.05) is 5.32 Å². The summed E-state index contributed by atoms with van der Waals surface area (Å²) in [5, 5.41) is 12.8. The molecule has 1 atom stereocenters. The summed E-state index contributed by atoms with van der Waals surface area (Å²) in [6.07, 6.45) is 8.25. The zero-order chi connectivity index (χ0) is 34.9. The number of hydrogen-bond acceptors (Lipinski definition) is 4. The van der Waals surface area contributed by atoms with E-state index in [0.717, 1.165) is 55.2 Å². The van der Waals surface area contributed by atoms with Crippen molar-refractivity contribution in [3.63, 3.8) is 0 Å². The van der Waals surface area contributed by atoms with Crippen LogP contribution in [0.15, 0.2) is 176 Å². The summed E-state index contributed by atoms with van der Waals surface area (Å²) >= 11 is 0. The average molecular weight is 693 g/mol. The Kier molecular flexibility index (Phi) is 6.60. The van der Waals surface area contributed by atoms with Crippen LogP contribution in [-0.2, 0) is 0 Å². The number of rotatable bonds is 4. The minimum Gasteiger partial charge on any atom is -0.372 e. The second kappa shape index (κ2) is 11.7. The van der Waals surface area contributed by atoms with Crippen LogP contribution in [-0.4, -0.2) is 23.0 Å². The minimum absolute atomic E-state index is 0.0000847. The maximum atomic E-state index is 5.27. The van der Waals surface area contributed by atoms with E-state index in [1.165, 1.54) is 37.4 Å². The Morgan fingerprint density at radius 1 is 0.509 bits per heavy atom. The van der Waals surface area contributed by atoms with E-state index < -0.39 is 8.07 Å². The Hall–Kier alpha value is -6.69. The Balaban J connectivity index is 1.13. The molecule has 0 aliphatic carbocycles. The van der Waals surface area contributed by atoms with Crippen LogP contribution in [0.25, 0.3) is 61.2 Å². The quantitative estimate of drug-likeness (QED) is 0.148. The molecule has 0 amide bonds. The van der Waals surface area contributed by atoms with Gasteiger partial charge in [0.25, 0.3) is 0 Å². The molecule has 2 aliphatic rings. The van der Waals surface area contributed by atoms with Crippen molar-refractivity contribution in [1.82, 2.24) is 15.0 Å². The molecular formula is C48H32N4Si. The number of hydrogen-bond donors (Lipinski definition) is 1. The second-order valence-corrected chi connectivity index (χ2v) is 17.8. The monoisotopic (exact) mass is 692 g/mol. The van der Waals surface area contributed by atoms with Gasteiger partial charge in [-0.15, -0.1) is 0 Å². The normalized spacial score (nSPS) is 15.2. The molecule has 9 aromatic rings. The van der Waals surface area contributed by atoms with E-state index in [-0.39, 0.29) is 6.04 Å². The molecule has 0 fully saturated rings. The predicted molar refractivity (Wildman–Crippen MR) is 222 cm³/mol. The molecule has 11 rings (SSSR count). The number of anilines is 1. The van der Waals surface area contributed by atoms with Crippen LogP contribution >= 0.6 is 0 Å². The average Bonchev–Trinajstić information content (AvgIpc) is 3.53. The van der Waals surface area contributed by atoms with Crippen LogP contribution in [0.3, 0.4) is 0 Å². The number of aromatic nitrogens is 3. The highest BCUT2D eigenvalue weighted by atomic mass is 28.3. The van der Waals surface area contributed by atoms with Crippen LogP contribution < -0.4 is 26.1 Å². The summed E-state index contributed by atoms with van der Waals surface area (Å²) in [7, 11) is -2.67. The zero-order valence-corrected chi connectivity index (χ0v) is 29.7. The first kappa shape index (κ1) is 30.0. The molecule has 248 valence electrons. The maximum Gasteiger partial charge on any atom is 0.180 e. The molecule has 5 heteroatoms. The van der Waals surface area contributed by atoms with Crippen LogP contribution in [0.5, 0.6) is 0 Å². The Morgan fingerprint density at radius 3 is 1.89 bits per heavy atom. The summed E-state index contributed by atoms with van der Waals surface area (Å²) in [5.41, 5.74) is 11.0. The molecule has 3 aromatic heterocycles. The maximum absolute atomic E-state index is 5.27. The lowest BCUT2D eigenvalue weighted by Gasteiger charge is -2.31. The lowest BCUT2D eigenvalue weighted by Crippen LogP contribution is -2.72. The van der Waals surface area contributed by atoms with Crippen molar-refractivity contribution in [1.29, 1.82) is 0 Å². The zero-order valence-electron chi connectivity index (χ0n) is 28.7. The molecule has 1 N–H and O–H groups in total. The van der Waals surface area contributed by atoms with E-state index in [9.17, 15) is 0 Å². The van der Waals surface area contributed by atoms with Gasteiger partial charge in [-0.3, -0.25) is 9.97 Å².